The van der Waals surface area contributed by atoms with E-state index in [0.717, 1.165) is 5.56 Å². The lowest BCUT2D eigenvalue weighted by molar-refractivity contribution is -0.147. The number of fused-ring (bicyclic) bond motifs is 1. The molecule has 3 atom stereocenters. The predicted octanol–water partition coefficient (Wildman–Crippen LogP) is 1.13. The molecule has 138 valence electrons. The van der Waals surface area contributed by atoms with Crippen LogP contribution in [0, 0.1) is 0 Å². The molecular weight excluding hydrogens is 342 g/mol. The zero-order valence-corrected chi connectivity index (χ0v) is 14.8. The molecule has 2 saturated heterocycles. The summed E-state index contributed by atoms with van der Waals surface area (Å²) in [6, 6.07) is 17.3. The van der Waals surface area contributed by atoms with Gasteiger partial charge in [0.25, 0.3) is 5.91 Å². The molecule has 6 nitrogen and oxygen atoms in total. The van der Waals surface area contributed by atoms with Gasteiger partial charge in [-0.3, -0.25) is 14.4 Å². The van der Waals surface area contributed by atoms with Gasteiger partial charge in [-0.05, 0) is 24.1 Å². The lowest BCUT2D eigenvalue weighted by atomic mass is 10.0. The Morgan fingerprint density at radius 3 is 2.41 bits per heavy atom. The number of benzene rings is 2. The maximum atomic E-state index is 12.9. The van der Waals surface area contributed by atoms with Crippen LogP contribution in [0.4, 0.5) is 0 Å². The zero-order valence-electron chi connectivity index (χ0n) is 14.8. The molecule has 3 amide bonds. The van der Waals surface area contributed by atoms with E-state index in [1.54, 1.807) is 29.2 Å². The summed E-state index contributed by atoms with van der Waals surface area (Å²) in [5.74, 6) is -0.416. The van der Waals surface area contributed by atoms with Crippen molar-refractivity contribution in [2.24, 2.45) is 0 Å². The first-order valence-corrected chi connectivity index (χ1v) is 9.12. The minimum absolute atomic E-state index is 0.0834. The third-order valence-corrected chi connectivity index (χ3v) is 5.16. The highest BCUT2D eigenvalue weighted by Crippen LogP contribution is 2.24. The van der Waals surface area contributed by atoms with E-state index in [2.05, 4.69) is 10.6 Å². The van der Waals surface area contributed by atoms with Crippen molar-refractivity contribution in [2.75, 3.05) is 6.54 Å². The normalized spacial score (nSPS) is 24.3. The van der Waals surface area contributed by atoms with Crippen LogP contribution in [0.25, 0.3) is 0 Å². The van der Waals surface area contributed by atoms with Crippen LogP contribution in [-0.2, 0) is 16.0 Å². The van der Waals surface area contributed by atoms with Gasteiger partial charge in [0.15, 0.2) is 0 Å². The number of carbonyl (C=O) groups is 3. The van der Waals surface area contributed by atoms with E-state index >= 15 is 0 Å². The van der Waals surface area contributed by atoms with E-state index in [4.69, 9.17) is 0 Å². The largest absolute Gasteiger partial charge is 0.347 e. The molecule has 0 spiro atoms. The topological polar surface area (TPSA) is 78.5 Å². The van der Waals surface area contributed by atoms with Crippen molar-refractivity contribution >= 4 is 17.7 Å². The first-order valence-electron chi connectivity index (χ1n) is 9.12. The maximum Gasteiger partial charge on any atom is 0.251 e. The van der Waals surface area contributed by atoms with Crippen molar-refractivity contribution in [1.82, 2.24) is 15.5 Å². The Bertz CT molecular complexity index is 853. The first-order chi connectivity index (χ1) is 13.1. The van der Waals surface area contributed by atoms with Gasteiger partial charge in [-0.1, -0.05) is 48.5 Å². The predicted molar refractivity (Wildman–Crippen MR) is 99.9 cm³/mol. The molecule has 2 aromatic carbocycles. The molecule has 0 bridgehead atoms. The van der Waals surface area contributed by atoms with Gasteiger partial charge in [-0.15, -0.1) is 0 Å². The van der Waals surface area contributed by atoms with Crippen LogP contribution < -0.4 is 10.6 Å². The average molecular weight is 363 g/mol. The molecule has 0 saturated carbocycles. The van der Waals surface area contributed by atoms with Crippen molar-refractivity contribution in [3.8, 4) is 0 Å². The number of nitrogens with one attached hydrogen (secondary N) is 2. The van der Waals surface area contributed by atoms with E-state index in [0.29, 0.717) is 24.9 Å². The molecule has 2 aromatic rings. The molecular formula is C21H21N3O3. The van der Waals surface area contributed by atoms with E-state index in [9.17, 15) is 14.4 Å². The summed E-state index contributed by atoms with van der Waals surface area (Å²) in [4.78, 5) is 39.3. The highest BCUT2D eigenvalue weighted by molar-refractivity contribution is 5.98. The Morgan fingerprint density at radius 1 is 1.04 bits per heavy atom. The van der Waals surface area contributed by atoms with Gasteiger partial charge in [0, 0.05) is 24.6 Å². The number of piperazine rings is 1. The van der Waals surface area contributed by atoms with Gasteiger partial charge < -0.3 is 15.5 Å². The minimum atomic E-state index is -0.556. The molecule has 6 heteroatoms. The Balaban J connectivity index is 1.43. The van der Waals surface area contributed by atoms with Gasteiger partial charge in [0.2, 0.25) is 11.8 Å². The highest BCUT2D eigenvalue weighted by atomic mass is 16.2. The lowest BCUT2D eigenvalue weighted by Crippen LogP contribution is -2.61. The van der Waals surface area contributed by atoms with Crippen LogP contribution in [0.2, 0.25) is 0 Å². The first kappa shape index (κ1) is 17.3. The Morgan fingerprint density at radius 2 is 1.70 bits per heavy atom. The summed E-state index contributed by atoms with van der Waals surface area (Å²) in [6.45, 7) is 0.362. The van der Waals surface area contributed by atoms with Gasteiger partial charge in [0.1, 0.15) is 12.1 Å². The van der Waals surface area contributed by atoms with Crippen molar-refractivity contribution in [2.45, 2.75) is 31.0 Å². The smallest absolute Gasteiger partial charge is 0.251 e. The molecule has 0 unspecified atom stereocenters. The summed E-state index contributed by atoms with van der Waals surface area (Å²) < 4.78 is 0. The molecule has 2 aliphatic rings. The molecule has 0 aromatic heterocycles. The summed E-state index contributed by atoms with van der Waals surface area (Å²) >= 11 is 0. The van der Waals surface area contributed by atoms with Crippen molar-refractivity contribution in [3.63, 3.8) is 0 Å². The SMILES string of the molecule is O=C(N[C@H]1C[C@H]2C(=O)N[C@H](Cc3ccccc3)C(=O)N2C1)c1ccccc1. The number of hydrogen-bond donors (Lipinski definition) is 2. The Labute approximate surface area is 157 Å². The van der Waals surface area contributed by atoms with Crippen LogP contribution in [-0.4, -0.2) is 47.3 Å². The summed E-state index contributed by atoms with van der Waals surface area (Å²) in [6.07, 6.45) is 0.907. The minimum Gasteiger partial charge on any atom is -0.347 e. The molecule has 2 aliphatic heterocycles. The number of carbonyl (C=O) groups excluding carboxylic acids is 3. The molecule has 2 fully saturated rings. The second kappa shape index (κ2) is 7.23. The zero-order chi connectivity index (χ0) is 18.8. The monoisotopic (exact) mass is 363 g/mol. The fourth-order valence-corrected chi connectivity index (χ4v) is 3.81. The number of rotatable bonds is 4. The highest BCUT2D eigenvalue weighted by Gasteiger charge is 2.46. The Kier molecular flexibility index (Phi) is 4.62. The van der Waals surface area contributed by atoms with E-state index < -0.39 is 12.1 Å². The second-order valence-electron chi connectivity index (χ2n) is 7.03. The molecule has 2 heterocycles. The molecule has 2 N–H and O–H groups in total. The van der Waals surface area contributed by atoms with Crippen LogP contribution in [0.15, 0.2) is 60.7 Å². The fraction of sp³-hybridized carbons (Fsp3) is 0.286. The third kappa shape index (κ3) is 3.56. The fourth-order valence-electron chi connectivity index (χ4n) is 3.81. The van der Waals surface area contributed by atoms with Crippen LogP contribution in [0.3, 0.4) is 0 Å². The quantitative estimate of drug-likeness (QED) is 0.855. The van der Waals surface area contributed by atoms with Crippen molar-refractivity contribution in [3.05, 3.63) is 71.8 Å². The Hall–Kier alpha value is -3.15. The number of nitrogens with zero attached hydrogens (tertiary/aromatic N) is 1. The van der Waals surface area contributed by atoms with Crippen molar-refractivity contribution < 1.29 is 14.4 Å². The standard InChI is InChI=1S/C21H21N3O3/c25-19(15-9-5-2-6-10-15)22-16-12-18-20(26)23-17(21(27)24(18)13-16)11-14-7-3-1-4-8-14/h1-10,16-18H,11-13H2,(H,22,25)(H,23,26)/t16-,17+,18-/m0/s1. The van der Waals surface area contributed by atoms with Gasteiger partial charge in [-0.25, -0.2) is 0 Å². The number of hydrogen-bond acceptors (Lipinski definition) is 3. The molecule has 0 radical (unpaired) electrons. The molecule has 0 aliphatic carbocycles. The third-order valence-electron chi connectivity index (χ3n) is 5.16. The van der Waals surface area contributed by atoms with E-state index in [1.165, 1.54) is 0 Å². The van der Waals surface area contributed by atoms with Gasteiger partial charge >= 0.3 is 0 Å². The maximum absolute atomic E-state index is 12.9. The summed E-state index contributed by atoms with van der Waals surface area (Å²) in [5, 5.41) is 5.79. The lowest BCUT2D eigenvalue weighted by Gasteiger charge is -2.34. The van der Waals surface area contributed by atoms with Crippen LogP contribution in [0.5, 0.6) is 0 Å². The summed E-state index contributed by atoms with van der Waals surface area (Å²) in [5.41, 5.74) is 1.57. The summed E-state index contributed by atoms with van der Waals surface area (Å²) in [7, 11) is 0. The van der Waals surface area contributed by atoms with Crippen molar-refractivity contribution in [1.29, 1.82) is 0 Å². The van der Waals surface area contributed by atoms with Crippen LogP contribution in [0.1, 0.15) is 22.3 Å². The second-order valence-corrected chi connectivity index (χ2v) is 7.03. The molecule has 4 rings (SSSR count). The average Bonchev–Trinajstić information content (AvgIpc) is 3.12. The van der Waals surface area contributed by atoms with Crippen LogP contribution >= 0.6 is 0 Å². The van der Waals surface area contributed by atoms with E-state index in [1.807, 2.05) is 36.4 Å². The molecule has 27 heavy (non-hydrogen) atoms. The number of amides is 3. The van der Waals surface area contributed by atoms with E-state index in [-0.39, 0.29) is 23.8 Å². The van der Waals surface area contributed by atoms with Gasteiger partial charge in [-0.2, -0.15) is 0 Å². The van der Waals surface area contributed by atoms with Gasteiger partial charge in [0.05, 0.1) is 0 Å².